The van der Waals surface area contributed by atoms with Crippen LogP contribution in [0, 0.1) is 0 Å². The molecule has 0 amide bonds. The van der Waals surface area contributed by atoms with E-state index >= 15 is 0 Å². The second-order valence-electron chi connectivity index (χ2n) is 5.30. The summed E-state index contributed by atoms with van der Waals surface area (Å²) in [6.45, 7) is 5.64. The van der Waals surface area contributed by atoms with Gasteiger partial charge in [0.1, 0.15) is 18.1 Å². The molecule has 2 aromatic rings. The van der Waals surface area contributed by atoms with Gasteiger partial charge in [-0.05, 0) is 19.1 Å². The van der Waals surface area contributed by atoms with Crippen molar-refractivity contribution < 1.29 is 22.7 Å². The summed E-state index contributed by atoms with van der Waals surface area (Å²) in [6.07, 6.45) is -3.15. The molecule has 0 atom stereocenters. The molecule has 0 saturated heterocycles. The predicted molar refractivity (Wildman–Crippen MR) is 92.4 cm³/mol. The average Bonchev–Trinajstić information content (AvgIpc) is 3.09. The first-order valence-electron chi connectivity index (χ1n) is 7.49. The Labute approximate surface area is 156 Å². The van der Waals surface area contributed by atoms with Gasteiger partial charge in [-0.25, -0.2) is 9.78 Å². The van der Waals surface area contributed by atoms with E-state index in [4.69, 9.17) is 4.74 Å². The lowest BCUT2D eigenvalue weighted by Gasteiger charge is -2.17. The van der Waals surface area contributed by atoms with Crippen LogP contribution >= 0.6 is 11.3 Å². The van der Waals surface area contributed by atoms with Gasteiger partial charge in [0.2, 0.25) is 5.01 Å². The lowest BCUT2D eigenvalue weighted by Crippen LogP contribution is -2.24. The molecule has 8 nitrogen and oxygen atoms in total. The minimum Gasteiger partial charge on any atom is -0.460 e. The largest absolute Gasteiger partial charge is 0.460 e. The number of halogens is 3. The molecule has 2 heterocycles. The van der Waals surface area contributed by atoms with Crippen molar-refractivity contribution >= 4 is 33.9 Å². The molecule has 0 fully saturated rings. The Morgan fingerprint density at radius 3 is 2.63 bits per heavy atom. The van der Waals surface area contributed by atoms with Gasteiger partial charge in [-0.1, -0.05) is 17.9 Å². The molecule has 0 radical (unpaired) electrons. The third-order valence-corrected chi connectivity index (χ3v) is 3.89. The molecule has 0 aromatic carbocycles. The van der Waals surface area contributed by atoms with Crippen molar-refractivity contribution in [2.75, 3.05) is 25.1 Å². The van der Waals surface area contributed by atoms with Crippen LogP contribution in [0.1, 0.15) is 11.9 Å². The van der Waals surface area contributed by atoms with Crippen molar-refractivity contribution in [3.05, 3.63) is 35.5 Å². The first-order valence-corrected chi connectivity index (χ1v) is 8.30. The Balaban J connectivity index is 1.91. The molecule has 2 aromatic heterocycles. The standard InChI is InChI=1S/C15H15F3N6O2S/c1-9(2)12(25)26-7-6-24(3)11-5-4-10(8-19-11)20-22-14-23-21-13(27-14)15(16,17)18/h4-5,8H,1,6-7H2,2-3H3/b22-20+. The van der Waals surface area contributed by atoms with Crippen molar-refractivity contribution in [2.24, 2.45) is 10.2 Å². The number of alkyl halides is 3. The van der Waals surface area contributed by atoms with E-state index in [1.807, 2.05) is 0 Å². The third kappa shape index (κ3) is 6.09. The normalized spacial score (nSPS) is 11.6. The quantitative estimate of drug-likeness (QED) is 0.397. The van der Waals surface area contributed by atoms with E-state index < -0.39 is 17.2 Å². The number of ether oxygens (including phenoxy) is 1. The van der Waals surface area contributed by atoms with Crippen LogP contribution in [0.5, 0.6) is 0 Å². The molecule has 144 valence electrons. The zero-order valence-electron chi connectivity index (χ0n) is 14.4. The minimum absolute atomic E-state index is 0.171. The van der Waals surface area contributed by atoms with E-state index in [2.05, 4.69) is 32.0 Å². The van der Waals surface area contributed by atoms with Crippen LogP contribution in [-0.4, -0.2) is 41.3 Å². The Hall–Kier alpha value is -2.89. The second kappa shape index (κ2) is 8.66. The van der Waals surface area contributed by atoms with Gasteiger partial charge in [0.05, 0.1) is 12.7 Å². The SMILES string of the molecule is C=C(C)C(=O)OCCN(C)c1ccc(/N=N/c2nnc(C(F)(F)F)s2)cn1. The van der Waals surface area contributed by atoms with Crippen LogP contribution in [0.2, 0.25) is 0 Å². The number of esters is 1. The minimum atomic E-state index is -4.56. The molecular weight excluding hydrogens is 385 g/mol. The van der Waals surface area contributed by atoms with Crippen LogP contribution in [-0.2, 0) is 15.7 Å². The Morgan fingerprint density at radius 2 is 2.07 bits per heavy atom. The summed E-state index contributed by atoms with van der Waals surface area (Å²) in [5.41, 5.74) is 0.660. The number of rotatable bonds is 7. The van der Waals surface area contributed by atoms with Gasteiger partial charge in [0.25, 0.3) is 5.13 Å². The number of hydrogen-bond acceptors (Lipinski definition) is 9. The molecule has 12 heteroatoms. The van der Waals surface area contributed by atoms with Crippen LogP contribution in [0.3, 0.4) is 0 Å². The van der Waals surface area contributed by atoms with Crippen LogP contribution < -0.4 is 4.90 Å². The fraction of sp³-hybridized carbons (Fsp3) is 0.333. The number of carbonyl (C=O) groups is 1. The van der Waals surface area contributed by atoms with E-state index in [-0.39, 0.29) is 11.7 Å². The third-order valence-electron chi connectivity index (χ3n) is 3.04. The maximum Gasteiger partial charge on any atom is 0.445 e. The van der Waals surface area contributed by atoms with E-state index in [1.54, 1.807) is 31.0 Å². The lowest BCUT2D eigenvalue weighted by molar-refractivity contribution is -0.139. The molecule has 0 N–H and O–H groups in total. The molecule has 0 unspecified atom stereocenters. The van der Waals surface area contributed by atoms with Crippen molar-refractivity contribution in [1.29, 1.82) is 0 Å². The summed E-state index contributed by atoms with van der Waals surface area (Å²) in [5.74, 6) is 0.132. The first kappa shape index (κ1) is 20.4. The molecule has 0 aliphatic heterocycles. The monoisotopic (exact) mass is 400 g/mol. The number of aromatic nitrogens is 3. The van der Waals surface area contributed by atoms with E-state index in [0.717, 1.165) is 0 Å². The lowest BCUT2D eigenvalue weighted by atomic mass is 10.4. The molecule has 0 saturated carbocycles. The number of carbonyl (C=O) groups excluding carboxylic acids is 1. The highest BCUT2D eigenvalue weighted by Gasteiger charge is 2.35. The summed E-state index contributed by atoms with van der Waals surface area (Å²) in [5, 5.41) is 12.4. The number of hydrogen-bond donors (Lipinski definition) is 0. The Bertz CT molecular complexity index is 835. The van der Waals surface area contributed by atoms with Crippen LogP contribution in [0.15, 0.2) is 40.7 Å². The maximum absolute atomic E-state index is 12.4. The van der Waals surface area contributed by atoms with Gasteiger partial charge in [0.15, 0.2) is 0 Å². The van der Waals surface area contributed by atoms with Gasteiger partial charge >= 0.3 is 12.1 Å². The van der Waals surface area contributed by atoms with Gasteiger partial charge in [-0.15, -0.1) is 20.4 Å². The predicted octanol–water partition coefficient (Wildman–Crippen LogP) is 3.92. The summed E-state index contributed by atoms with van der Waals surface area (Å²) in [4.78, 5) is 17.2. The zero-order valence-corrected chi connectivity index (χ0v) is 15.2. The highest BCUT2D eigenvalue weighted by atomic mass is 32.1. The summed E-state index contributed by atoms with van der Waals surface area (Å²) in [7, 11) is 1.76. The van der Waals surface area contributed by atoms with Gasteiger partial charge in [-0.2, -0.15) is 13.2 Å². The number of nitrogens with zero attached hydrogens (tertiary/aromatic N) is 6. The van der Waals surface area contributed by atoms with Gasteiger partial charge in [0, 0.05) is 12.6 Å². The molecule has 0 bridgehead atoms. The fourth-order valence-electron chi connectivity index (χ4n) is 1.65. The highest BCUT2D eigenvalue weighted by molar-refractivity contribution is 7.15. The second-order valence-corrected chi connectivity index (χ2v) is 6.26. The zero-order chi connectivity index (χ0) is 20.0. The Kier molecular flexibility index (Phi) is 6.55. The number of anilines is 1. The van der Waals surface area contributed by atoms with Crippen molar-refractivity contribution in [3.63, 3.8) is 0 Å². The molecule has 2 rings (SSSR count). The smallest absolute Gasteiger partial charge is 0.445 e. The van der Waals surface area contributed by atoms with Crippen LogP contribution in [0.4, 0.5) is 29.8 Å². The molecule has 0 aliphatic carbocycles. The van der Waals surface area contributed by atoms with Gasteiger partial charge < -0.3 is 9.64 Å². The summed E-state index contributed by atoms with van der Waals surface area (Å²) < 4.78 is 42.3. The fourth-order valence-corrected chi connectivity index (χ4v) is 2.18. The van der Waals surface area contributed by atoms with E-state index in [9.17, 15) is 18.0 Å². The van der Waals surface area contributed by atoms with Crippen LogP contribution in [0.25, 0.3) is 0 Å². The summed E-state index contributed by atoms with van der Waals surface area (Å²) in [6, 6.07) is 3.24. The van der Waals surface area contributed by atoms with Gasteiger partial charge in [-0.3, -0.25) is 0 Å². The number of azo groups is 1. The Morgan fingerprint density at radius 1 is 1.33 bits per heavy atom. The molecular formula is C15H15F3N6O2S. The van der Waals surface area contributed by atoms with Crippen molar-refractivity contribution in [2.45, 2.75) is 13.1 Å². The number of pyridine rings is 1. The summed E-state index contributed by atoms with van der Waals surface area (Å²) >= 11 is 0.297. The van der Waals surface area contributed by atoms with Crippen molar-refractivity contribution in [3.8, 4) is 0 Å². The average molecular weight is 400 g/mol. The number of likely N-dealkylation sites (N-methyl/N-ethyl adjacent to an activating group) is 1. The van der Waals surface area contributed by atoms with E-state index in [0.29, 0.717) is 35.0 Å². The molecule has 0 aliphatic rings. The molecule has 27 heavy (non-hydrogen) atoms. The topological polar surface area (TPSA) is 92.9 Å². The maximum atomic E-state index is 12.4. The molecule has 0 spiro atoms. The first-order chi connectivity index (χ1) is 12.7. The van der Waals surface area contributed by atoms with E-state index in [1.165, 1.54) is 6.20 Å². The van der Waals surface area contributed by atoms with Crippen molar-refractivity contribution in [1.82, 2.24) is 15.2 Å². The highest BCUT2D eigenvalue weighted by Crippen LogP contribution is 2.34.